The molecule has 0 spiro atoms. The van der Waals surface area contributed by atoms with Crippen LogP contribution in [-0.4, -0.2) is 50.1 Å². The molecule has 3 unspecified atom stereocenters. The third-order valence-electron chi connectivity index (χ3n) is 6.92. The predicted molar refractivity (Wildman–Crippen MR) is 161 cm³/mol. The molecule has 3 atom stereocenters. The van der Waals surface area contributed by atoms with E-state index >= 15 is 0 Å². The predicted octanol–water partition coefficient (Wildman–Crippen LogP) is 5.73. The highest BCUT2D eigenvalue weighted by Gasteiger charge is 2.44. The third-order valence-corrected chi connectivity index (χ3v) is 9.58. The number of aromatic nitrogens is 3. The Hall–Kier alpha value is -2.63. The Morgan fingerprint density at radius 3 is 2.77 bits per heavy atom. The van der Waals surface area contributed by atoms with Crippen molar-refractivity contribution in [1.29, 1.82) is 0 Å². The molecule has 2 aromatic heterocycles. The third kappa shape index (κ3) is 7.73. The molecule has 1 aliphatic carbocycles. The largest absolute Gasteiger partial charge is 0.478 e. The highest BCUT2D eigenvalue weighted by atomic mass is 32.2. The average Bonchev–Trinajstić information content (AvgIpc) is 3.69. The number of anilines is 2. The lowest BCUT2D eigenvalue weighted by atomic mass is 10.1. The first kappa shape index (κ1) is 29.4. The van der Waals surface area contributed by atoms with Gasteiger partial charge in [0.1, 0.15) is 22.6 Å². The molecule has 9 nitrogen and oxygen atoms in total. The molecule has 39 heavy (non-hydrogen) atoms. The van der Waals surface area contributed by atoms with Crippen molar-refractivity contribution in [2.75, 3.05) is 30.2 Å². The summed E-state index contributed by atoms with van der Waals surface area (Å²) in [5, 5.41) is 6.89. The smallest absolute Gasteiger partial charge is 0.259 e. The molecule has 212 valence electrons. The van der Waals surface area contributed by atoms with Crippen LogP contribution in [0.5, 0.6) is 11.6 Å². The van der Waals surface area contributed by atoms with E-state index in [-0.39, 0.29) is 10.7 Å². The molecule has 3 heterocycles. The fourth-order valence-corrected chi connectivity index (χ4v) is 6.01. The van der Waals surface area contributed by atoms with Crippen LogP contribution in [0.1, 0.15) is 65.5 Å². The Morgan fingerprint density at radius 1 is 1.33 bits per heavy atom. The lowest BCUT2D eigenvalue weighted by Gasteiger charge is -2.24. The van der Waals surface area contributed by atoms with Crippen molar-refractivity contribution < 1.29 is 13.7 Å². The maximum Gasteiger partial charge on any atom is 0.259 e. The zero-order valence-electron chi connectivity index (χ0n) is 23.5. The number of nitrogens with zero attached hydrogens (tertiary/aromatic N) is 3. The molecule has 1 saturated carbocycles. The molecular formula is C28H40N6O3S2. The van der Waals surface area contributed by atoms with Crippen LogP contribution in [0.2, 0.25) is 0 Å². The van der Waals surface area contributed by atoms with Gasteiger partial charge >= 0.3 is 0 Å². The number of rotatable bonds is 13. The quantitative estimate of drug-likeness (QED) is 0.259. The van der Waals surface area contributed by atoms with Crippen LogP contribution in [0.15, 0.2) is 41.6 Å². The van der Waals surface area contributed by atoms with E-state index in [1.54, 1.807) is 25.4 Å². The minimum atomic E-state index is -1.21. The zero-order chi connectivity index (χ0) is 28.0. The van der Waals surface area contributed by atoms with E-state index in [1.807, 2.05) is 19.9 Å². The van der Waals surface area contributed by atoms with Gasteiger partial charge in [0.05, 0.1) is 22.5 Å². The van der Waals surface area contributed by atoms with E-state index in [1.165, 1.54) is 11.8 Å². The standard InChI is InChI=1S/C28H40N6O3S2/c1-7-19(4)24(37-22-10-11-23(33-26(22)36-6)34-39(35)28(5)13-14-28)25(38-18(2)3)21-12-16-30-27(32-21)31-20-9-8-15-29-17-20/h10-12,16,19-20,29H,2,7-9,13-15,17H2,1,3-6H3,(H,33,34)(H,30,31,32)/b25-24+. The van der Waals surface area contributed by atoms with E-state index < -0.39 is 11.0 Å². The summed E-state index contributed by atoms with van der Waals surface area (Å²) in [6.45, 7) is 14.3. The molecule has 2 fully saturated rings. The number of thioether (sulfide) groups is 1. The second-order valence-electron chi connectivity index (χ2n) is 10.4. The van der Waals surface area contributed by atoms with Gasteiger partial charge in [0.2, 0.25) is 5.95 Å². The molecule has 0 radical (unpaired) electrons. The number of allylic oxidation sites excluding steroid dienone is 2. The Kier molecular flexibility index (Phi) is 9.90. The molecule has 4 rings (SSSR count). The van der Waals surface area contributed by atoms with Gasteiger partial charge in [0.15, 0.2) is 5.75 Å². The number of hydrogen-bond acceptors (Lipinski definition) is 9. The zero-order valence-corrected chi connectivity index (χ0v) is 25.1. The molecule has 1 aliphatic heterocycles. The highest BCUT2D eigenvalue weighted by Crippen LogP contribution is 2.42. The molecule has 2 aliphatic rings. The molecule has 3 N–H and O–H groups in total. The van der Waals surface area contributed by atoms with E-state index in [4.69, 9.17) is 14.5 Å². The van der Waals surface area contributed by atoms with Crippen LogP contribution in [0.3, 0.4) is 0 Å². The first-order valence-electron chi connectivity index (χ1n) is 13.5. The molecular weight excluding hydrogens is 532 g/mol. The van der Waals surface area contributed by atoms with Gasteiger partial charge < -0.3 is 20.1 Å². The number of methoxy groups -OCH3 is 1. The number of pyridine rings is 1. The summed E-state index contributed by atoms with van der Waals surface area (Å²) >= 11 is 1.53. The first-order chi connectivity index (χ1) is 18.7. The van der Waals surface area contributed by atoms with Crippen molar-refractivity contribution in [3.05, 3.63) is 47.3 Å². The second-order valence-corrected chi connectivity index (χ2v) is 13.4. The van der Waals surface area contributed by atoms with Crippen LogP contribution in [0.25, 0.3) is 4.91 Å². The van der Waals surface area contributed by atoms with Gasteiger partial charge in [-0.1, -0.05) is 32.2 Å². The fourth-order valence-electron chi connectivity index (χ4n) is 4.08. The summed E-state index contributed by atoms with van der Waals surface area (Å²) in [7, 11) is 0.339. The van der Waals surface area contributed by atoms with Gasteiger partial charge in [-0.3, -0.25) is 4.72 Å². The van der Waals surface area contributed by atoms with Crippen LogP contribution in [0.4, 0.5) is 11.8 Å². The lowest BCUT2D eigenvalue weighted by Crippen LogP contribution is -2.38. The average molecular weight is 573 g/mol. The first-order valence-corrected chi connectivity index (χ1v) is 15.5. The van der Waals surface area contributed by atoms with Crippen LogP contribution in [-0.2, 0) is 11.0 Å². The Morgan fingerprint density at radius 2 is 2.13 bits per heavy atom. The molecule has 11 heteroatoms. The van der Waals surface area contributed by atoms with Crippen molar-refractivity contribution in [2.45, 2.75) is 70.6 Å². The van der Waals surface area contributed by atoms with Crippen LogP contribution < -0.4 is 24.8 Å². The van der Waals surface area contributed by atoms with Gasteiger partial charge in [-0.25, -0.2) is 14.2 Å². The van der Waals surface area contributed by atoms with Crippen molar-refractivity contribution in [2.24, 2.45) is 5.92 Å². The number of piperidine rings is 1. The fraction of sp³-hybridized carbons (Fsp3) is 0.536. The van der Waals surface area contributed by atoms with Gasteiger partial charge in [0, 0.05) is 24.7 Å². The maximum absolute atomic E-state index is 12.6. The van der Waals surface area contributed by atoms with E-state index in [9.17, 15) is 4.21 Å². The van der Waals surface area contributed by atoms with Crippen molar-refractivity contribution in [1.82, 2.24) is 20.3 Å². The minimum absolute atomic E-state index is 0.0746. The van der Waals surface area contributed by atoms with Gasteiger partial charge in [-0.15, -0.1) is 0 Å². The number of ether oxygens (including phenoxy) is 2. The Bertz CT molecular complexity index is 1230. The normalized spacial score (nSPS) is 20.3. The molecule has 2 aromatic rings. The SMILES string of the molecule is C=C(C)S/C(=C(/Oc1ccc(NS(=O)C2(C)CC2)nc1OC)C(C)CC)c1ccnc(NC2CCCNC2)n1. The molecule has 0 bridgehead atoms. The summed E-state index contributed by atoms with van der Waals surface area (Å²) in [5.41, 5.74) is 0.762. The van der Waals surface area contributed by atoms with Crippen molar-refractivity contribution in [3.63, 3.8) is 0 Å². The van der Waals surface area contributed by atoms with E-state index in [0.717, 1.165) is 66.5 Å². The minimum Gasteiger partial charge on any atom is -0.478 e. The van der Waals surface area contributed by atoms with Crippen molar-refractivity contribution in [3.8, 4) is 11.6 Å². The summed E-state index contributed by atoms with van der Waals surface area (Å²) in [6.07, 6.45) is 6.71. The molecule has 0 amide bonds. The van der Waals surface area contributed by atoms with Gasteiger partial charge in [0.25, 0.3) is 5.88 Å². The monoisotopic (exact) mass is 572 g/mol. The Balaban J connectivity index is 1.67. The van der Waals surface area contributed by atoms with Gasteiger partial charge in [-0.05, 0) is 75.6 Å². The topological polar surface area (TPSA) is 110 Å². The molecule has 1 saturated heterocycles. The Labute approximate surface area is 238 Å². The lowest BCUT2D eigenvalue weighted by molar-refractivity contribution is 0.320. The van der Waals surface area contributed by atoms with Crippen LogP contribution >= 0.6 is 11.8 Å². The summed E-state index contributed by atoms with van der Waals surface area (Å²) in [5.74, 6) is 2.70. The summed E-state index contributed by atoms with van der Waals surface area (Å²) < 4.78 is 27.6. The summed E-state index contributed by atoms with van der Waals surface area (Å²) in [6, 6.07) is 5.76. The van der Waals surface area contributed by atoms with E-state index in [0.29, 0.717) is 29.4 Å². The highest BCUT2D eigenvalue weighted by molar-refractivity contribution is 8.11. The van der Waals surface area contributed by atoms with Crippen LogP contribution in [0, 0.1) is 5.92 Å². The second kappa shape index (κ2) is 13.1. The number of hydrogen-bond donors (Lipinski definition) is 3. The van der Waals surface area contributed by atoms with E-state index in [2.05, 4.69) is 45.8 Å². The van der Waals surface area contributed by atoms with Gasteiger partial charge in [-0.2, -0.15) is 4.98 Å². The van der Waals surface area contributed by atoms with Crippen molar-refractivity contribution >= 4 is 39.4 Å². The maximum atomic E-state index is 12.6. The summed E-state index contributed by atoms with van der Waals surface area (Å²) in [4.78, 5) is 15.7. The molecule has 0 aromatic carbocycles. The number of nitrogens with one attached hydrogen (secondary N) is 3.